The van der Waals surface area contributed by atoms with Crippen LogP contribution in [0.1, 0.15) is 0 Å². The van der Waals surface area contributed by atoms with Crippen LogP contribution < -0.4 is 10.5 Å². The van der Waals surface area contributed by atoms with Crippen molar-refractivity contribution in [3.05, 3.63) is 58.1 Å². The van der Waals surface area contributed by atoms with Crippen molar-refractivity contribution >= 4 is 27.1 Å². The molecule has 0 aliphatic carbocycles. The number of nitrogens with one attached hydrogen (secondary N) is 1. The fourth-order valence-corrected chi connectivity index (χ4v) is 2.91. The quantitative estimate of drug-likeness (QED) is 0.507. The summed E-state index contributed by atoms with van der Waals surface area (Å²) in [6.45, 7) is 0. The molecule has 0 heterocycles. The van der Waals surface area contributed by atoms with Gasteiger partial charge in [0.25, 0.3) is 15.7 Å². The molecule has 0 aromatic heterocycles. The summed E-state index contributed by atoms with van der Waals surface area (Å²) < 4.78 is 52.8. The van der Waals surface area contributed by atoms with E-state index in [1.54, 1.807) is 0 Å². The Bertz CT molecular complexity index is 855. The molecule has 0 fully saturated rings. The molecule has 0 unspecified atom stereocenters. The highest BCUT2D eigenvalue weighted by molar-refractivity contribution is 7.92. The first-order valence-electron chi connectivity index (χ1n) is 5.73. The number of benzene rings is 2. The molecule has 22 heavy (non-hydrogen) atoms. The van der Waals surface area contributed by atoms with Gasteiger partial charge in [-0.1, -0.05) is 12.1 Å². The number of nitro benzene ring substituents is 1. The molecule has 0 spiro atoms. The molecule has 3 N–H and O–H groups in total. The van der Waals surface area contributed by atoms with Crippen LogP contribution in [0.2, 0.25) is 0 Å². The van der Waals surface area contributed by atoms with Crippen LogP contribution in [0.15, 0.2) is 41.3 Å². The Hall–Kier alpha value is -2.75. The highest BCUT2D eigenvalue weighted by atomic mass is 32.2. The van der Waals surface area contributed by atoms with Gasteiger partial charge in [-0.15, -0.1) is 0 Å². The van der Waals surface area contributed by atoms with Crippen LogP contribution in [0.5, 0.6) is 0 Å². The van der Waals surface area contributed by atoms with E-state index in [0.29, 0.717) is 6.07 Å². The van der Waals surface area contributed by atoms with Gasteiger partial charge in [0.2, 0.25) is 0 Å². The Labute approximate surface area is 123 Å². The van der Waals surface area contributed by atoms with Crippen LogP contribution in [0.4, 0.5) is 25.8 Å². The first-order chi connectivity index (χ1) is 10.2. The summed E-state index contributed by atoms with van der Waals surface area (Å²) in [7, 11) is -4.45. The van der Waals surface area contributed by atoms with Gasteiger partial charge < -0.3 is 5.73 Å². The summed E-state index contributed by atoms with van der Waals surface area (Å²) in [4.78, 5) is 9.32. The molecule has 2 aromatic rings. The first-order valence-corrected chi connectivity index (χ1v) is 7.21. The molecular weight excluding hydrogens is 320 g/mol. The van der Waals surface area contributed by atoms with Crippen LogP contribution in [-0.4, -0.2) is 13.3 Å². The van der Waals surface area contributed by atoms with Crippen molar-refractivity contribution in [2.45, 2.75) is 4.90 Å². The van der Waals surface area contributed by atoms with Gasteiger partial charge in [-0.25, -0.2) is 17.2 Å². The number of hydrogen-bond acceptors (Lipinski definition) is 5. The molecule has 0 bridgehead atoms. The summed E-state index contributed by atoms with van der Waals surface area (Å²) in [6.07, 6.45) is 0. The highest BCUT2D eigenvalue weighted by Gasteiger charge is 2.26. The van der Waals surface area contributed by atoms with E-state index in [-0.39, 0.29) is 0 Å². The van der Waals surface area contributed by atoms with Gasteiger partial charge >= 0.3 is 0 Å². The van der Waals surface area contributed by atoms with Gasteiger partial charge in [0.1, 0.15) is 11.6 Å². The second-order valence-corrected chi connectivity index (χ2v) is 5.83. The Kier molecular flexibility index (Phi) is 3.95. The van der Waals surface area contributed by atoms with Crippen molar-refractivity contribution < 1.29 is 22.1 Å². The normalized spacial score (nSPS) is 11.2. The third-order valence-corrected chi connectivity index (χ3v) is 4.10. The molecule has 0 amide bonds. The van der Waals surface area contributed by atoms with Crippen LogP contribution in [0, 0.1) is 21.7 Å². The minimum atomic E-state index is -4.45. The van der Waals surface area contributed by atoms with Crippen molar-refractivity contribution in [1.29, 1.82) is 0 Å². The van der Waals surface area contributed by atoms with Crippen molar-refractivity contribution in [1.82, 2.24) is 0 Å². The lowest BCUT2D eigenvalue weighted by Crippen LogP contribution is -2.16. The number of nitrogens with two attached hydrogens (primary N) is 1. The van der Waals surface area contributed by atoms with E-state index in [0.717, 1.165) is 18.2 Å². The van der Waals surface area contributed by atoms with Gasteiger partial charge in [-0.05, 0) is 12.1 Å². The second-order valence-electron chi connectivity index (χ2n) is 4.18. The van der Waals surface area contributed by atoms with Crippen molar-refractivity contribution in [2.75, 3.05) is 10.5 Å². The van der Waals surface area contributed by atoms with E-state index in [1.165, 1.54) is 12.1 Å². The van der Waals surface area contributed by atoms with Crippen LogP contribution >= 0.6 is 0 Å². The van der Waals surface area contributed by atoms with E-state index in [1.807, 2.05) is 4.72 Å². The number of para-hydroxylation sites is 1. The lowest BCUT2D eigenvalue weighted by atomic mass is 10.2. The topological polar surface area (TPSA) is 115 Å². The van der Waals surface area contributed by atoms with Gasteiger partial charge in [0, 0.05) is 12.1 Å². The molecular formula is C12H9F2N3O4S. The van der Waals surface area contributed by atoms with Crippen LogP contribution in [0.3, 0.4) is 0 Å². The predicted octanol–water partition coefficient (Wildman–Crippen LogP) is 2.26. The van der Waals surface area contributed by atoms with Gasteiger partial charge in [0.05, 0.1) is 16.3 Å². The van der Waals surface area contributed by atoms with Crippen molar-refractivity contribution in [2.24, 2.45) is 0 Å². The van der Waals surface area contributed by atoms with Gasteiger partial charge in [0.15, 0.2) is 4.90 Å². The van der Waals surface area contributed by atoms with Gasteiger partial charge in [-0.3, -0.25) is 14.8 Å². The zero-order chi connectivity index (χ0) is 16.5. The minimum Gasteiger partial charge on any atom is -0.396 e. The average molecular weight is 329 g/mol. The van der Waals surface area contributed by atoms with Crippen molar-refractivity contribution in [3.8, 4) is 0 Å². The number of nitrogens with zero attached hydrogens (tertiary/aromatic N) is 1. The van der Waals surface area contributed by atoms with Gasteiger partial charge in [-0.2, -0.15) is 0 Å². The number of rotatable bonds is 4. The lowest BCUT2D eigenvalue weighted by Gasteiger charge is -2.10. The van der Waals surface area contributed by atoms with E-state index in [4.69, 9.17) is 5.73 Å². The number of hydrogen-bond donors (Lipinski definition) is 2. The van der Waals surface area contributed by atoms with Crippen LogP contribution in [0.25, 0.3) is 0 Å². The molecule has 0 saturated heterocycles. The number of nitrogen functional groups attached to an aromatic ring is 1. The molecule has 0 saturated carbocycles. The number of halogens is 2. The molecule has 0 aliphatic rings. The number of nitro groups is 1. The SMILES string of the molecule is Nc1cc(NS(=O)(=O)c2ccccc2[N+](=O)[O-])c(F)cc1F. The summed E-state index contributed by atoms with van der Waals surface area (Å²) in [5.41, 5.74) is 3.48. The molecule has 10 heteroatoms. The number of sulfonamides is 1. The molecule has 0 aliphatic heterocycles. The molecule has 116 valence electrons. The second kappa shape index (κ2) is 5.56. The average Bonchev–Trinajstić information content (AvgIpc) is 2.44. The maximum Gasteiger partial charge on any atom is 0.289 e. The minimum absolute atomic E-state index is 0.409. The van der Waals surface area contributed by atoms with E-state index in [9.17, 15) is 27.3 Å². The fourth-order valence-electron chi connectivity index (χ4n) is 1.68. The Morgan fingerprint density at radius 1 is 1.14 bits per heavy atom. The smallest absolute Gasteiger partial charge is 0.289 e. The Morgan fingerprint density at radius 2 is 1.77 bits per heavy atom. The summed E-state index contributed by atoms with van der Waals surface area (Å²) in [5, 5.41) is 10.9. The monoisotopic (exact) mass is 329 g/mol. The number of anilines is 2. The third-order valence-electron chi connectivity index (χ3n) is 2.68. The molecule has 0 radical (unpaired) electrons. The molecule has 0 atom stereocenters. The molecule has 7 nitrogen and oxygen atoms in total. The lowest BCUT2D eigenvalue weighted by molar-refractivity contribution is -0.387. The maximum atomic E-state index is 13.6. The fraction of sp³-hybridized carbons (Fsp3) is 0. The van der Waals surface area contributed by atoms with Crippen molar-refractivity contribution in [3.63, 3.8) is 0 Å². The highest BCUT2D eigenvalue weighted by Crippen LogP contribution is 2.27. The summed E-state index contributed by atoms with van der Waals surface area (Å²) >= 11 is 0. The van der Waals surface area contributed by atoms with E-state index >= 15 is 0 Å². The first kappa shape index (κ1) is 15.6. The summed E-state index contributed by atoms with van der Waals surface area (Å²) in [5.74, 6) is -2.25. The zero-order valence-electron chi connectivity index (χ0n) is 10.8. The molecule has 2 rings (SSSR count). The van der Waals surface area contributed by atoms with Crippen LogP contribution in [-0.2, 0) is 10.0 Å². The zero-order valence-corrected chi connectivity index (χ0v) is 11.6. The van der Waals surface area contributed by atoms with E-state index < -0.39 is 48.5 Å². The standard InChI is InChI=1S/C12H9F2N3O4S/c13-7-5-8(14)10(6-9(7)15)16-22(20,21)12-4-2-1-3-11(12)17(18)19/h1-6,16H,15H2. The summed E-state index contributed by atoms with van der Waals surface area (Å²) in [6, 6.07) is 5.70. The Balaban J connectivity index is 2.50. The third kappa shape index (κ3) is 2.96. The molecule has 2 aromatic carbocycles. The Morgan fingerprint density at radius 3 is 2.41 bits per heavy atom. The predicted molar refractivity (Wildman–Crippen MR) is 74.7 cm³/mol. The maximum absolute atomic E-state index is 13.6. The van der Waals surface area contributed by atoms with E-state index in [2.05, 4.69) is 0 Å². The largest absolute Gasteiger partial charge is 0.396 e.